The summed E-state index contributed by atoms with van der Waals surface area (Å²) in [5.74, 6) is 1.51. The van der Waals surface area contributed by atoms with Gasteiger partial charge in [0.05, 0.1) is 19.9 Å². The molecule has 1 N–H and O–H groups in total. The van der Waals surface area contributed by atoms with Gasteiger partial charge in [-0.25, -0.2) is 0 Å². The first kappa shape index (κ1) is 17.1. The van der Waals surface area contributed by atoms with E-state index in [1.165, 1.54) is 0 Å². The van der Waals surface area contributed by atoms with Crippen molar-refractivity contribution in [3.8, 4) is 17.2 Å². The molecule has 0 heterocycles. The highest BCUT2D eigenvalue weighted by Crippen LogP contribution is 2.29. The van der Waals surface area contributed by atoms with Crippen LogP contribution in [0.2, 0.25) is 0 Å². The summed E-state index contributed by atoms with van der Waals surface area (Å²) in [5, 5.41) is 2.79. The minimum Gasteiger partial charge on any atom is -0.497 e. The number of hydrogen-bond donors (Lipinski definition) is 1. The Labute approximate surface area is 143 Å². The highest BCUT2D eigenvalue weighted by molar-refractivity contribution is 9.10. The molecule has 6 heteroatoms. The van der Waals surface area contributed by atoms with Crippen molar-refractivity contribution in [3.05, 3.63) is 46.9 Å². The summed E-state index contributed by atoms with van der Waals surface area (Å²) in [4.78, 5) is 12.3. The minimum atomic E-state index is -0.666. The van der Waals surface area contributed by atoms with E-state index >= 15 is 0 Å². The van der Waals surface area contributed by atoms with Gasteiger partial charge in [-0.05, 0) is 37.3 Å². The molecule has 1 atom stereocenters. The summed E-state index contributed by atoms with van der Waals surface area (Å²) < 4.78 is 16.9. The van der Waals surface area contributed by atoms with Crippen molar-refractivity contribution in [1.82, 2.24) is 0 Å². The number of amides is 1. The van der Waals surface area contributed by atoms with Crippen LogP contribution in [0.5, 0.6) is 17.2 Å². The van der Waals surface area contributed by atoms with Gasteiger partial charge < -0.3 is 19.5 Å². The number of methoxy groups -OCH3 is 2. The summed E-state index contributed by atoms with van der Waals surface area (Å²) in [6.07, 6.45) is -0.666. The molecule has 23 heavy (non-hydrogen) atoms. The second kappa shape index (κ2) is 7.87. The Balaban J connectivity index is 2.09. The SMILES string of the molecule is COc1ccc(OC)c(NC(=O)[C@@H](C)Oc2cccc(Br)c2)c1. The maximum atomic E-state index is 12.3. The Morgan fingerprint density at radius 3 is 2.52 bits per heavy atom. The van der Waals surface area contributed by atoms with Crippen LogP contribution in [0.15, 0.2) is 46.9 Å². The average Bonchev–Trinajstić information content (AvgIpc) is 2.54. The Kier molecular flexibility index (Phi) is 5.87. The summed E-state index contributed by atoms with van der Waals surface area (Å²) >= 11 is 3.37. The quantitative estimate of drug-likeness (QED) is 0.827. The predicted octanol–water partition coefficient (Wildman–Crippen LogP) is 3.87. The second-order valence-corrected chi connectivity index (χ2v) is 5.69. The van der Waals surface area contributed by atoms with Gasteiger partial charge in [0.1, 0.15) is 17.2 Å². The molecule has 0 unspecified atom stereocenters. The number of nitrogens with one attached hydrogen (secondary N) is 1. The third-order valence-corrected chi connectivity index (χ3v) is 3.64. The van der Waals surface area contributed by atoms with Gasteiger partial charge in [-0.3, -0.25) is 4.79 Å². The third-order valence-electron chi connectivity index (χ3n) is 3.14. The van der Waals surface area contributed by atoms with Gasteiger partial charge >= 0.3 is 0 Å². The molecule has 0 fully saturated rings. The molecule has 0 bridgehead atoms. The minimum absolute atomic E-state index is 0.281. The Bertz CT molecular complexity index is 690. The lowest BCUT2D eigenvalue weighted by Crippen LogP contribution is -2.30. The molecule has 2 aromatic carbocycles. The Morgan fingerprint density at radius 1 is 1.09 bits per heavy atom. The monoisotopic (exact) mass is 379 g/mol. The summed E-state index contributed by atoms with van der Waals surface area (Å²) in [6, 6.07) is 12.5. The molecular formula is C17H18BrNO4. The van der Waals surface area contributed by atoms with E-state index in [1.807, 2.05) is 12.1 Å². The molecule has 0 saturated heterocycles. The van der Waals surface area contributed by atoms with Crippen LogP contribution in [-0.4, -0.2) is 26.2 Å². The fourth-order valence-corrected chi connectivity index (χ4v) is 2.32. The highest BCUT2D eigenvalue weighted by atomic mass is 79.9. The van der Waals surface area contributed by atoms with Crippen LogP contribution in [0, 0.1) is 0 Å². The molecule has 2 rings (SSSR count). The molecule has 5 nitrogen and oxygen atoms in total. The zero-order chi connectivity index (χ0) is 16.8. The van der Waals surface area contributed by atoms with Crippen LogP contribution in [-0.2, 0) is 4.79 Å². The second-order valence-electron chi connectivity index (χ2n) is 4.77. The lowest BCUT2D eigenvalue weighted by Gasteiger charge is -2.16. The molecule has 0 aromatic heterocycles. The molecule has 0 aliphatic rings. The first-order valence-electron chi connectivity index (χ1n) is 6.98. The molecule has 0 saturated carbocycles. The summed E-state index contributed by atoms with van der Waals surface area (Å²) in [6.45, 7) is 1.68. The maximum absolute atomic E-state index is 12.3. The van der Waals surface area contributed by atoms with Crippen LogP contribution in [0.25, 0.3) is 0 Å². The third kappa shape index (κ3) is 4.63. The number of carbonyl (C=O) groups excluding carboxylic acids is 1. The number of hydrogen-bond acceptors (Lipinski definition) is 4. The standard InChI is InChI=1S/C17H18BrNO4/c1-11(23-14-6-4-5-12(18)9-14)17(20)19-15-10-13(21-2)7-8-16(15)22-3/h4-11H,1-3H3,(H,19,20)/t11-/m1/s1. The van der Waals surface area contributed by atoms with Crippen molar-refractivity contribution in [1.29, 1.82) is 0 Å². The lowest BCUT2D eigenvalue weighted by molar-refractivity contribution is -0.122. The van der Waals surface area contributed by atoms with Crippen LogP contribution < -0.4 is 19.5 Å². The van der Waals surface area contributed by atoms with E-state index in [4.69, 9.17) is 14.2 Å². The first-order chi connectivity index (χ1) is 11.0. The molecular weight excluding hydrogens is 362 g/mol. The molecule has 0 spiro atoms. The average molecular weight is 380 g/mol. The van der Waals surface area contributed by atoms with Gasteiger partial charge in [0.15, 0.2) is 6.10 Å². The summed E-state index contributed by atoms with van der Waals surface area (Å²) in [5.41, 5.74) is 0.529. The number of benzene rings is 2. The van der Waals surface area contributed by atoms with Crippen LogP contribution in [0.4, 0.5) is 5.69 Å². The molecule has 2 aromatic rings. The van der Waals surface area contributed by atoms with E-state index in [9.17, 15) is 4.79 Å². The lowest BCUT2D eigenvalue weighted by atomic mass is 10.2. The normalized spacial score (nSPS) is 11.5. The molecule has 0 aliphatic heterocycles. The van der Waals surface area contributed by atoms with E-state index in [2.05, 4.69) is 21.2 Å². The first-order valence-corrected chi connectivity index (χ1v) is 7.78. The molecule has 122 valence electrons. The van der Waals surface area contributed by atoms with Gasteiger partial charge in [-0.15, -0.1) is 0 Å². The number of halogens is 1. The van der Waals surface area contributed by atoms with Gasteiger partial charge in [-0.2, -0.15) is 0 Å². The van der Waals surface area contributed by atoms with Gasteiger partial charge in [0.25, 0.3) is 5.91 Å². The van der Waals surface area contributed by atoms with Crippen LogP contribution >= 0.6 is 15.9 Å². The smallest absolute Gasteiger partial charge is 0.265 e. The molecule has 1 amide bonds. The van der Waals surface area contributed by atoms with Crippen LogP contribution in [0.3, 0.4) is 0 Å². The van der Waals surface area contributed by atoms with E-state index < -0.39 is 6.10 Å². The fourth-order valence-electron chi connectivity index (χ4n) is 1.94. The zero-order valence-electron chi connectivity index (χ0n) is 13.1. The summed E-state index contributed by atoms with van der Waals surface area (Å²) in [7, 11) is 3.10. The zero-order valence-corrected chi connectivity index (χ0v) is 14.7. The van der Waals surface area contributed by atoms with E-state index in [0.717, 1.165) is 4.47 Å². The number of ether oxygens (including phenoxy) is 3. The highest BCUT2D eigenvalue weighted by Gasteiger charge is 2.17. The molecule has 0 aliphatic carbocycles. The van der Waals surface area contributed by atoms with Gasteiger partial charge in [0.2, 0.25) is 0 Å². The van der Waals surface area contributed by atoms with Crippen LogP contribution in [0.1, 0.15) is 6.92 Å². The van der Waals surface area contributed by atoms with Crippen molar-refractivity contribution in [2.75, 3.05) is 19.5 Å². The van der Waals surface area contributed by atoms with E-state index in [1.54, 1.807) is 51.5 Å². The number of carbonyl (C=O) groups is 1. The maximum Gasteiger partial charge on any atom is 0.265 e. The van der Waals surface area contributed by atoms with Crippen molar-refractivity contribution >= 4 is 27.5 Å². The Morgan fingerprint density at radius 2 is 1.87 bits per heavy atom. The topological polar surface area (TPSA) is 56.8 Å². The fraction of sp³-hybridized carbons (Fsp3) is 0.235. The molecule has 0 radical (unpaired) electrons. The van der Waals surface area contributed by atoms with Crippen molar-refractivity contribution in [2.45, 2.75) is 13.0 Å². The van der Waals surface area contributed by atoms with E-state index in [0.29, 0.717) is 22.9 Å². The van der Waals surface area contributed by atoms with Crippen molar-refractivity contribution < 1.29 is 19.0 Å². The largest absolute Gasteiger partial charge is 0.497 e. The van der Waals surface area contributed by atoms with Gasteiger partial charge in [-0.1, -0.05) is 22.0 Å². The predicted molar refractivity (Wildman–Crippen MR) is 92.4 cm³/mol. The van der Waals surface area contributed by atoms with Gasteiger partial charge in [0, 0.05) is 10.5 Å². The van der Waals surface area contributed by atoms with Crippen molar-refractivity contribution in [3.63, 3.8) is 0 Å². The Hall–Kier alpha value is -2.21. The van der Waals surface area contributed by atoms with E-state index in [-0.39, 0.29) is 5.91 Å². The number of rotatable bonds is 6. The number of anilines is 1. The van der Waals surface area contributed by atoms with Crippen molar-refractivity contribution in [2.24, 2.45) is 0 Å².